The lowest BCUT2D eigenvalue weighted by molar-refractivity contribution is 1.32. The van der Waals surface area contributed by atoms with E-state index in [1.165, 1.54) is 16.5 Å². The third kappa shape index (κ3) is 1.65. The molecule has 17 heavy (non-hydrogen) atoms. The number of aromatic amines is 1. The molecule has 2 aromatic heterocycles. The van der Waals surface area contributed by atoms with Gasteiger partial charge >= 0.3 is 0 Å². The van der Waals surface area contributed by atoms with Gasteiger partial charge in [0.25, 0.3) is 0 Å². The van der Waals surface area contributed by atoms with E-state index in [0.29, 0.717) is 5.82 Å². The molecule has 0 radical (unpaired) electrons. The predicted octanol–water partition coefficient (Wildman–Crippen LogP) is 3.12. The molecule has 0 unspecified atom stereocenters. The number of hydrogen-bond acceptors (Lipinski definition) is 2. The first-order valence-electron chi connectivity index (χ1n) is 5.54. The summed E-state index contributed by atoms with van der Waals surface area (Å²) < 4.78 is 0. The Morgan fingerprint density at radius 3 is 2.76 bits per heavy atom. The lowest BCUT2D eigenvalue weighted by Gasteiger charge is -1.97. The number of para-hydroxylation sites is 1. The normalized spacial score (nSPS) is 10.9. The van der Waals surface area contributed by atoms with E-state index in [0.717, 1.165) is 11.3 Å². The molecule has 3 aromatic rings. The quantitative estimate of drug-likeness (QED) is 0.666. The molecule has 0 bridgehead atoms. The van der Waals surface area contributed by atoms with Crippen molar-refractivity contribution in [3.63, 3.8) is 0 Å². The molecule has 0 fully saturated rings. The lowest BCUT2D eigenvalue weighted by Crippen LogP contribution is -1.88. The molecular formula is C14H13N3. The standard InChI is InChI=1S/C14H13N3/c1-9-3-2-4-10-7-12(17-14(9)10)11-5-6-13(15)16-8-11/h2-8,17H,1H3,(H2,15,16). The van der Waals surface area contributed by atoms with Gasteiger partial charge in [-0.05, 0) is 30.7 Å². The molecule has 0 spiro atoms. The molecule has 0 aliphatic heterocycles. The van der Waals surface area contributed by atoms with Crippen LogP contribution < -0.4 is 5.73 Å². The number of anilines is 1. The first-order valence-corrected chi connectivity index (χ1v) is 5.54. The maximum atomic E-state index is 5.58. The van der Waals surface area contributed by atoms with E-state index in [9.17, 15) is 0 Å². The Balaban J connectivity index is 2.18. The molecule has 2 heterocycles. The van der Waals surface area contributed by atoms with Gasteiger partial charge in [-0.15, -0.1) is 0 Å². The minimum absolute atomic E-state index is 0.543. The molecule has 0 saturated heterocycles. The van der Waals surface area contributed by atoms with Gasteiger partial charge in [-0.25, -0.2) is 4.98 Å². The van der Waals surface area contributed by atoms with E-state index in [1.807, 2.05) is 12.1 Å². The number of H-pyrrole nitrogens is 1. The highest BCUT2D eigenvalue weighted by Gasteiger charge is 2.04. The third-order valence-corrected chi connectivity index (χ3v) is 2.96. The van der Waals surface area contributed by atoms with Crippen LogP contribution in [0.1, 0.15) is 5.56 Å². The second-order valence-electron chi connectivity index (χ2n) is 4.19. The third-order valence-electron chi connectivity index (χ3n) is 2.96. The second kappa shape index (κ2) is 3.63. The zero-order chi connectivity index (χ0) is 11.8. The Morgan fingerprint density at radius 2 is 2.06 bits per heavy atom. The van der Waals surface area contributed by atoms with Gasteiger partial charge < -0.3 is 10.7 Å². The number of benzene rings is 1. The van der Waals surface area contributed by atoms with Gasteiger partial charge in [-0.2, -0.15) is 0 Å². The molecule has 3 N–H and O–H groups in total. The molecule has 3 rings (SSSR count). The summed E-state index contributed by atoms with van der Waals surface area (Å²) in [4.78, 5) is 7.52. The van der Waals surface area contributed by atoms with E-state index in [4.69, 9.17) is 5.73 Å². The summed E-state index contributed by atoms with van der Waals surface area (Å²) in [7, 11) is 0. The summed E-state index contributed by atoms with van der Waals surface area (Å²) >= 11 is 0. The Kier molecular flexibility index (Phi) is 2.11. The van der Waals surface area contributed by atoms with Crippen LogP contribution in [0, 0.1) is 6.92 Å². The van der Waals surface area contributed by atoms with Crippen molar-refractivity contribution in [2.24, 2.45) is 0 Å². The van der Waals surface area contributed by atoms with Crippen molar-refractivity contribution in [2.45, 2.75) is 6.92 Å². The summed E-state index contributed by atoms with van der Waals surface area (Å²) in [5, 5.41) is 1.22. The second-order valence-corrected chi connectivity index (χ2v) is 4.19. The largest absolute Gasteiger partial charge is 0.384 e. The summed E-state index contributed by atoms with van der Waals surface area (Å²) in [6.45, 7) is 2.10. The fourth-order valence-corrected chi connectivity index (χ4v) is 2.03. The molecule has 3 nitrogen and oxygen atoms in total. The fraction of sp³-hybridized carbons (Fsp3) is 0.0714. The number of nitrogen functional groups attached to an aromatic ring is 1. The van der Waals surface area contributed by atoms with Crippen LogP contribution in [-0.4, -0.2) is 9.97 Å². The first kappa shape index (κ1) is 9.90. The highest BCUT2D eigenvalue weighted by Crippen LogP contribution is 2.25. The minimum atomic E-state index is 0.543. The number of aromatic nitrogens is 2. The Bertz CT molecular complexity index is 666. The van der Waals surface area contributed by atoms with Crippen LogP contribution in [0.5, 0.6) is 0 Å². The van der Waals surface area contributed by atoms with Crippen molar-refractivity contribution in [3.05, 3.63) is 48.2 Å². The fourth-order valence-electron chi connectivity index (χ4n) is 2.03. The van der Waals surface area contributed by atoms with Crippen LogP contribution in [0.2, 0.25) is 0 Å². The maximum absolute atomic E-state index is 5.58. The highest BCUT2D eigenvalue weighted by atomic mass is 14.8. The van der Waals surface area contributed by atoms with Crippen molar-refractivity contribution < 1.29 is 0 Å². The van der Waals surface area contributed by atoms with E-state index < -0.39 is 0 Å². The molecule has 0 atom stereocenters. The van der Waals surface area contributed by atoms with Gasteiger partial charge in [0.1, 0.15) is 5.82 Å². The Labute approximate surface area is 99.3 Å². The van der Waals surface area contributed by atoms with Crippen molar-refractivity contribution in [1.29, 1.82) is 0 Å². The van der Waals surface area contributed by atoms with Gasteiger partial charge in [-0.1, -0.05) is 18.2 Å². The van der Waals surface area contributed by atoms with E-state index in [1.54, 1.807) is 6.20 Å². The average molecular weight is 223 g/mol. The number of hydrogen-bond donors (Lipinski definition) is 2. The lowest BCUT2D eigenvalue weighted by atomic mass is 10.1. The number of nitrogens with zero attached hydrogens (tertiary/aromatic N) is 1. The van der Waals surface area contributed by atoms with Crippen LogP contribution in [0.4, 0.5) is 5.82 Å². The van der Waals surface area contributed by atoms with Gasteiger partial charge in [0.15, 0.2) is 0 Å². The molecule has 0 saturated carbocycles. The van der Waals surface area contributed by atoms with Gasteiger partial charge in [0, 0.05) is 28.4 Å². The van der Waals surface area contributed by atoms with Crippen LogP contribution >= 0.6 is 0 Å². The van der Waals surface area contributed by atoms with Crippen LogP contribution in [-0.2, 0) is 0 Å². The van der Waals surface area contributed by atoms with Crippen molar-refractivity contribution in [1.82, 2.24) is 9.97 Å². The zero-order valence-electron chi connectivity index (χ0n) is 9.57. The monoisotopic (exact) mass is 223 g/mol. The van der Waals surface area contributed by atoms with Gasteiger partial charge in [0.05, 0.1) is 0 Å². The number of rotatable bonds is 1. The molecule has 84 valence electrons. The maximum Gasteiger partial charge on any atom is 0.123 e. The van der Waals surface area contributed by atoms with Crippen molar-refractivity contribution >= 4 is 16.7 Å². The van der Waals surface area contributed by atoms with Crippen molar-refractivity contribution in [2.75, 3.05) is 5.73 Å². The Hall–Kier alpha value is -2.29. The molecule has 0 aliphatic rings. The molecule has 0 amide bonds. The van der Waals surface area contributed by atoms with Crippen molar-refractivity contribution in [3.8, 4) is 11.3 Å². The summed E-state index contributed by atoms with van der Waals surface area (Å²) in [5.74, 6) is 0.543. The number of fused-ring (bicyclic) bond motifs is 1. The highest BCUT2D eigenvalue weighted by molar-refractivity contribution is 5.88. The summed E-state index contributed by atoms with van der Waals surface area (Å²) in [5.41, 5.74) is 10.1. The Morgan fingerprint density at radius 1 is 1.18 bits per heavy atom. The van der Waals surface area contributed by atoms with Gasteiger partial charge in [0.2, 0.25) is 0 Å². The molecular weight excluding hydrogens is 210 g/mol. The molecule has 3 heteroatoms. The minimum Gasteiger partial charge on any atom is -0.384 e. The molecule has 1 aromatic carbocycles. The van der Waals surface area contributed by atoms with E-state index in [-0.39, 0.29) is 0 Å². The predicted molar refractivity (Wildman–Crippen MR) is 70.7 cm³/mol. The van der Waals surface area contributed by atoms with Gasteiger partial charge in [-0.3, -0.25) is 0 Å². The summed E-state index contributed by atoms with van der Waals surface area (Å²) in [6, 6.07) is 12.2. The number of pyridine rings is 1. The van der Waals surface area contributed by atoms with Crippen LogP contribution in [0.25, 0.3) is 22.2 Å². The van der Waals surface area contributed by atoms with E-state index >= 15 is 0 Å². The van der Waals surface area contributed by atoms with Crippen LogP contribution in [0.3, 0.4) is 0 Å². The summed E-state index contributed by atoms with van der Waals surface area (Å²) in [6.07, 6.45) is 1.79. The van der Waals surface area contributed by atoms with E-state index in [2.05, 4.69) is 41.2 Å². The number of nitrogens with one attached hydrogen (secondary N) is 1. The SMILES string of the molecule is Cc1cccc2cc(-c3ccc(N)nc3)[nH]c12. The van der Waals surface area contributed by atoms with Crippen LogP contribution in [0.15, 0.2) is 42.6 Å². The average Bonchev–Trinajstić information content (AvgIpc) is 2.75. The topological polar surface area (TPSA) is 54.7 Å². The molecule has 0 aliphatic carbocycles. The smallest absolute Gasteiger partial charge is 0.123 e. The number of nitrogens with two attached hydrogens (primary N) is 1. The zero-order valence-corrected chi connectivity index (χ0v) is 9.57. The first-order chi connectivity index (χ1) is 8.24. The number of aryl methyl sites for hydroxylation is 1.